The van der Waals surface area contributed by atoms with Crippen molar-refractivity contribution in [3.63, 3.8) is 0 Å². The zero-order valence-electron chi connectivity index (χ0n) is 38.0. The quantitative estimate of drug-likeness (QED) is 0.159. The first-order valence-electron chi connectivity index (χ1n) is 22.6. The van der Waals surface area contributed by atoms with E-state index in [0.29, 0.717) is 23.0 Å². The second-order valence-electron chi connectivity index (χ2n) is 14.2. The molecular formula is C55H35N3. The van der Waals surface area contributed by atoms with E-state index in [9.17, 15) is 2.74 Å². The lowest BCUT2D eigenvalue weighted by molar-refractivity contribution is 1.08. The first-order chi connectivity index (χ1) is 31.7. The molecule has 11 aromatic rings. The van der Waals surface area contributed by atoms with Gasteiger partial charge in [0.05, 0.1) is 9.60 Å². The van der Waals surface area contributed by atoms with Gasteiger partial charge in [-0.2, -0.15) is 0 Å². The minimum atomic E-state index is -0.498. The third-order valence-corrected chi connectivity index (χ3v) is 10.8. The van der Waals surface area contributed by atoms with Crippen molar-refractivity contribution in [2.45, 2.75) is 0 Å². The van der Waals surface area contributed by atoms with E-state index in [-0.39, 0.29) is 34.5 Å². The number of nitrogens with zero attached hydrogens (tertiary/aromatic N) is 3. The van der Waals surface area contributed by atoms with Crippen LogP contribution in [0.3, 0.4) is 0 Å². The van der Waals surface area contributed by atoms with Crippen LogP contribution in [0.1, 0.15) is 9.60 Å². The maximum atomic E-state index is 9.52. The van der Waals surface area contributed by atoms with E-state index in [1.807, 2.05) is 121 Å². The van der Waals surface area contributed by atoms with Crippen LogP contribution >= 0.6 is 0 Å². The normalized spacial score (nSPS) is 13.1. The van der Waals surface area contributed by atoms with Crippen molar-refractivity contribution in [3.8, 4) is 67.5 Å². The Morgan fingerprint density at radius 2 is 0.724 bits per heavy atom. The average molecular weight is 745 g/mol. The Morgan fingerprint density at radius 3 is 1.34 bits per heavy atom. The van der Waals surface area contributed by atoms with Gasteiger partial charge in [-0.15, -0.1) is 0 Å². The van der Waals surface area contributed by atoms with Gasteiger partial charge in [0.25, 0.3) is 0 Å². The summed E-state index contributed by atoms with van der Waals surface area (Å²) in [6.07, 6.45) is 0. The molecule has 0 radical (unpaired) electrons. The summed E-state index contributed by atoms with van der Waals surface area (Å²) in [5, 5.41) is 4.87. The topological polar surface area (TPSA) is 38.7 Å². The molecule has 3 heteroatoms. The highest BCUT2D eigenvalue weighted by Crippen LogP contribution is 2.46. The zero-order valence-corrected chi connectivity index (χ0v) is 31.0. The highest BCUT2D eigenvalue weighted by atomic mass is 15.0. The standard InChI is InChI=1S/C55H35N3/c1-3-15-36(16-4-1)38-27-30-40(31-28-38)54-56-53(39-18-5-2-6-19-39)57-55(58-54)50-34-33-49(43-21-9-10-22-44(43)50)52-47-25-13-11-23-45(47)51(46-24-12-14-26-48(46)52)42-32-29-37-17-7-8-20-41(37)35-42/h1-35H/i7D,8D,17D,20D,29D,32D,35D. The van der Waals surface area contributed by atoms with Gasteiger partial charge < -0.3 is 0 Å². The molecule has 0 amide bonds. The van der Waals surface area contributed by atoms with Crippen LogP contribution in [0, 0.1) is 0 Å². The Kier molecular flexibility index (Phi) is 6.54. The second-order valence-corrected chi connectivity index (χ2v) is 14.2. The highest BCUT2D eigenvalue weighted by molar-refractivity contribution is 6.24. The number of hydrogen-bond donors (Lipinski definition) is 0. The predicted molar refractivity (Wildman–Crippen MR) is 242 cm³/mol. The summed E-state index contributed by atoms with van der Waals surface area (Å²) < 4.78 is 62.0. The van der Waals surface area contributed by atoms with Crippen LogP contribution in [-0.2, 0) is 0 Å². The van der Waals surface area contributed by atoms with E-state index < -0.39 is 24.2 Å². The first kappa shape index (κ1) is 27.0. The summed E-state index contributed by atoms with van der Waals surface area (Å²) in [6, 6.07) is 53.8. The molecule has 0 aliphatic rings. The summed E-state index contributed by atoms with van der Waals surface area (Å²) in [4.78, 5) is 15.3. The summed E-state index contributed by atoms with van der Waals surface area (Å²) in [5.74, 6) is 1.64. The molecule has 0 spiro atoms. The Balaban J connectivity index is 1.14. The number of benzene rings is 10. The molecule has 0 bridgehead atoms. The third kappa shape index (κ3) is 5.80. The number of fused-ring (bicyclic) bond motifs is 4. The van der Waals surface area contributed by atoms with Crippen LogP contribution in [0.4, 0.5) is 0 Å². The van der Waals surface area contributed by atoms with Gasteiger partial charge in [0.1, 0.15) is 0 Å². The Bertz CT molecular complexity index is 3670. The molecule has 0 N–H and O–H groups in total. The van der Waals surface area contributed by atoms with E-state index >= 15 is 0 Å². The molecule has 10 aromatic carbocycles. The molecule has 270 valence electrons. The van der Waals surface area contributed by atoms with Gasteiger partial charge in [-0.05, 0) is 88.6 Å². The third-order valence-electron chi connectivity index (χ3n) is 10.8. The smallest absolute Gasteiger partial charge is 0.164 e. The summed E-state index contributed by atoms with van der Waals surface area (Å²) in [5.41, 5.74) is 7.36. The molecule has 0 atom stereocenters. The second kappa shape index (κ2) is 14.1. The van der Waals surface area contributed by atoms with Crippen LogP contribution in [0.25, 0.3) is 111 Å². The van der Waals surface area contributed by atoms with Crippen molar-refractivity contribution in [1.29, 1.82) is 0 Å². The van der Waals surface area contributed by atoms with Gasteiger partial charge in [0.2, 0.25) is 0 Å². The summed E-state index contributed by atoms with van der Waals surface area (Å²) in [6.45, 7) is 0. The van der Waals surface area contributed by atoms with Crippen molar-refractivity contribution in [2.24, 2.45) is 0 Å². The fourth-order valence-electron chi connectivity index (χ4n) is 8.09. The zero-order chi connectivity index (χ0) is 44.5. The van der Waals surface area contributed by atoms with Crippen molar-refractivity contribution in [3.05, 3.63) is 212 Å². The van der Waals surface area contributed by atoms with Crippen LogP contribution < -0.4 is 0 Å². The molecule has 0 saturated carbocycles. The first-order valence-corrected chi connectivity index (χ1v) is 19.1. The molecule has 0 saturated heterocycles. The van der Waals surface area contributed by atoms with E-state index in [1.165, 1.54) is 0 Å². The molecule has 11 rings (SSSR count). The number of hydrogen-bond acceptors (Lipinski definition) is 3. The summed E-state index contributed by atoms with van der Waals surface area (Å²) >= 11 is 0. The van der Waals surface area contributed by atoms with E-state index in [2.05, 4.69) is 48.5 Å². The number of aromatic nitrogens is 3. The van der Waals surface area contributed by atoms with Gasteiger partial charge in [0, 0.05) is 16.7 Å². The lowest BCUT2D eigenvalue weighted by atomic mass is 9.84. The maximum absolute atomic E-state index is 9.52. The van der Waals surface area contributed by atoms with Crippen LogP contribution in [0.15, 0.2) is 212 Å². The fraction of sp³-hybridized carbons (Fsp3) is 0. The molecule has 3 nitrogen and oxygen atoms in total. The maximum Gasteiger partial charge on any atom is 0.164 e. The van der Waals surface area contributed by atoms with Crippen molar-refractivity contribution in [2.75, 3.05) is 0 Å². The average Bonchev–Trinajstić information content (AvgIpc) is 3.36. The van der Waals surface area contributed by atoms with Gasteiger partial charge >= 0.3 is 0 Å². The molecule has 0 aliphatic carbocycles. The molecule has 0 unspecified atom stereocenters. The molecule has 1 aromatic heterocycles. The Morgan fingerprint density at radius 1 is 0.293 bits per heavy atom. The van der Waals surface area contributed by atoms with E-state index in [4.69, 9.17) is 21.8 Å². The van der Waals surface area contributed by atoms with Gasteiger partial charge in [-0.25, -0.2) is 15.0 Å². The molecule has 0 fully saturated rings. The van der Waals surface area contributed by atoms with E-state index in [1.54, 1.807) is 0 Å². The van der Waals surface area contributed by atoms with Crippen molar-refractivity contribution in [1.82, 2.24) is 15.0 Å². The van der Waals surface area contributed by atoms with Gasteiger partial charge in [-0.3, -0.25) is 0 Å². The lowest BCUT2D eigenvalue weighted by Crippen LogP contribution is -2.01. The minimum Gasteiger partial charge on any atom is -0.208 e. The van der Waals surface area contributed by atoms with Crippen molar-refractivity contribution >= 4 is 43.1 Å². The predicted octanol–water partition coefficient (Wildman–Crippen LogP) is 14.5. The van der Waals surface area contributed by atoms with Crippen LogP contribution in [-0.4, -0.2) is 15.0 Å². The SMILES string of the molecule is [2H]c1c([2H])c([2H])c2c([2H])c(-c3c4ccccc4c(-c4ccc(-c5nc(-c6ccccc6)nc(-c6ccc(-c7ccccc7)cc6)n5)c5ccccc45)c4ccccc34)c([2H])c([2H])c2c1[2H]. The Labute approximate surface area is 346 Å². The van der Waals surface area contributed by atoms with Gasteiger partial charge in [-0.1, -0.05) is 200 Å². The van der Waals surface area contributed by atoms with Gasteiger partial charge in [0.15, 0.2) is 17.5 Å². The monoisotopic (exact) mass is 744 g/mol. The summed E-state index contributed by atoms with van der Waals surface area (Å²) in [7, 11) is 0. The molecular weight excluding hydrogens is 703 g/mol. The minimum absolute atomic E-state index is 0.0769. The van der Waals surface area contributed by atoms with E-state index in [0.717, 1.165) is 71.3 Å². The Hall–Kier alpha value is -7.75. The molecule has 58 heavy (non-hydrogen) atoms. The van der Waals surface area contributed by atoms with Crippen LogP contribution in [0.5, 0.6) is 0 Å². The largest absolute Gasteiger partial charge is 0.208 e. The van der Waals surface area contributed by atoms with Crippen LogP contribution in [0.2, 0.25) is 0 Å². The fourth-order valence-corrected chi connectivity index (χ4v) is 8.09. The highest BCUT2D eigenvalue weighted by Gasteiger charge is 2.21. The molecule has 0 aliphatic heterocycles. The molecule has 1 heterocycles. The number of rotatable bonds is 6. The lowest BCUT2D eigenvalue weighted by Gasteiger charge is -2.20. The van der Waals surface area contributed by atoms with Crippen molar-refractivity contribution < 1.29 is 9.60 Å².